The van der Waals surface area contributed by atoms with Gasteiger partial charge in [0.1, 0.15) is 5.82 Å². The summed E-state index contributed by atoms with van der Waals surface area (Å²) in [4.78, 5) is 12.0. The van der Waals surface area contributed by atoms with Gasteiger partial charge in [-0.05, 0) is 26.0 Å². The van der Waals surface area contributed by atoms with Crippen molar-refractivity contribution in [3.05, 3.63) is 41.8 Å². The van der Waals surface area contributed by atoms with Gasteiger partial charge in [0.25, 0.3) is 0 Å². The number of para-hydroxylation sites is 2. The molecule has 0 atom stereocenters. The van der Waals surface area contributed by atoms with Gasteiger partial charge in [0.05, 0.1) is 23.0 Å². The molecular weight excluding hydrogens is 242 g/mol. The van der Waals surface area contributed by atoms with Crippen molar-refractivity contribution >= 4 is 11.0 Å². The highest BCUT2D eigenvalue weighted by atomic mass is 16.5. The van der Waals surface area contributed by atoms with Crippen LogP contribution in [0.1, 0.15) is 31.4 Å². The topological polar surface area (TPSA) is 93.6 Å². The highest BCUT2D eigenvalue weighted by Gasteiger charge is 2.22. The lowest BCUT2D eigenvalue weighted by molar-refractivity contribution is 0.310. The van der Waals surface area contributed by atoms with Gasteiger partial charge in [-0.15, -0.1) is 0 Å². The second-order valence-corrected chi connectivity index (χ2v) is 5.11. The van der Waals surface area contributed by atoms with Gasteiger partial charge in [-0.3, -0.25) is 0 Å². The molecule has 0 saturated heterocycles. The first-order valence-corrected chi connectivity index (χ1v) is 6.08. The summed E-state index contributed by atoms with van der Waals surface area (Å²) >= 11 is 0. The molecule has 3 aromatic rings. The first kappa shape index (κ1) is 11.9. The van der Waals surface area contributed by atoms with Crippen molar-refractivity contribution in [3.63, 3.8) is 0 Å². The number of nitrogens with two attached hydrogens (primary N) is 1. The van der Waals surface area contributed by atoms with Crippen molar-refractivity contribution < 1.29 is 4.52 Å². The van der Waals surface area contributed by atoms with Crippen molar-refractivity contribution in [3.8, 4) is 0 Å². The Balaban J connectivity index is 1.86. The van der Waals surface area contributed by atoms with Gasteiger partial charge in [0, 0.05) is 0 Å². The van der Waals surface area contributed by atoms with Crippen molar-refractivity contribution in [1.29, 1.82) is 0 Å². The third-order valence-electron chi connectivity index (χ3n) is 2.78. The molecular formula is C13H15N5O. The smallest absolute Gasteiger partial charge is 0.246 e. The number of fused-ring (bicyclic) bond motifs is 1. The van der Waals surface area contributed by atoms with Crippen LogP contribution in [0.4, 0.5) is 0 Å². The summed E-state index contributed by atoms with van der Waals surface area (Å²) in [6.45, 7) is 3.65. The van der Waals surface area contributed by atoms with E-state index in [1.54, 1.807) is 0 Å². The second kappa shape index (κ2) is 4.17. The predicted octanol–water partition coefficient (Wildman–Crippen LogP) is 1.73. The third kappa shape index (κ3) is 2.34. The Hall–Kier alpha value is -2.21. The molecule has 0 radical (unpaired) electrons. The van der Waals surface area contributed by atoms with Gasteiger partial charge >= 0.3 is 0 Å². The summed E-state index contributed by atoms with van der Waals surface area (Å²) in [7, 11) is 0. The van der Waals surface area contributed by atoms with E-state index in [1.807, 2.05) is 38.1 Å². The zero-order chi connectivity index (χ0) is 13.5. The molecule has 98 valence electrons. The number of nitrogens with one attached hydrogen (secondary N) is 1. The molecule has 0 saturated carbocycles. The summed E-state index contributed by atoms with van der Waals surface area (Å²) in [6.07, 6.45) is 0.494. The Morgan fingerprint density at radius 3 is 2.74 bits per heavy atom. The quantitative estimate of drug-likeness (QED) is 0.745. The Labute approximate surface area is 110 Å². The number of aromatic nitrogens is 4. The molecule has 0 spiro atoms. The van der Waals surface area contributed by atoms with Gasteiger partial charge in [-0.1, -0.05) is 17.3 Å². The van der Waals surface area contributed by atoms with E-state index in [1.165, 1.54) is 0 Å². The van der Waals surface area contributed by atoms with Crippen LogP contribution < -0.4 is 5.73 Å². The van der Waals surface area contributed by atoms with Gasteiger partial charge in [-0.2, -0.15) is 4.98 Å². The fraction of sp³-hybridized carbons (Fsp3) is 0.308. The molecule has 2 heterocycles. The van der Waals surface area contributed by atoms with E-state index >= 15 is 0 Å². The molecule has 2 aromatic heterocycles. The van der Waals surface area contributed by atoms with Crippen molar-refractivity contribution in [2.75, 3.05) is 0 Å². The van der Waals surface area contributed by atoms with Crippen LogP contribution in [0, 0.1) is 0 Å². The molecule has 0 aliphatic carbocycles. The van der Waals surface area contributed by atoms with Crippen molar-refractivity contribution in [2.24, 2.45) is 5.73 Å². The Morgan fingerprint density at radius 2 is 2.05 bits per heavy atom. The third-order valence-corrected chi connectivity index (χ3v) is 2.78. The molecule has 6 heteroatoms. The standard InChI is InChI=1S/C13H15N5O/c1-13(2,14)12-17-11(18-19-12)7-10-15-8-5-3-4-6-9(8)16-10/h3-6H,7,14H2,1-2H3,(H,15,16). The second-order valence-electron chi connectivity index (χ2n) is 5.11. The van der Waals surface area contributed by atoms with Crippen LogP contribution >= 0.6 is 0 Å². The molecule has 0 aliphatic heterocycles. The molecule has 6 nitrogen and oxygen atoms in total. The Kier molecular flexibility index (Phi) is 2.60. The maximum absolute atomic E-state index is 5.91. The van der Waals surface area contributed by atoms with Crippen LogP contribution in [0.5, 0.6) is 0 Å². The predicted molar refractivity (Wildman–Crippen MR) is 70.4 cm³/mol. The number of H-pyrrole nitrogens is 1. The van der Waals surface area contributed by atoms with E-state index in [2.05, 4.69) is 20.1 Å². The van der Waals surface area contributed by atoms with E-state index in [0.717, 1.165) is 16.9 Å². The first-order valence-electron chi connectivity index (χ1n) is 6.08. The maximum Gasteiger partial charge on any atom is 0.246 e. The summed E-state index contributed by atoms with van der Waals surface area (Å²) in [5.74, 6) is 1.81. The average molecular weight is 257 g/mol. The number of imidazole rings is 1. The van der Waals surface area contributed by atoms with Gasteiger partial charge in [0.15, 0.2) is 5.82 Å². The average Bonchev–Trinajstić information content (AvgIpc) is 2.94. The molecule has 1 aromatic carbocycles. The number of hydrogen-bond donors (Lipinski definition) is 2. The monoisotopic (exact) mass is 257 g/mol. The minimum Gasteiger partial charge on any atom is -0.342 e. The van der Waals surface area contributed by atoms with Crippen LogP contribution in [0.25, 0.3) is 11.0 Å². The zero-order valence-corrected chi connectivity index (χ0v) is 10.8. The summed E-state index contributed by atoms with van der Waals surface area (Å²) < 4.78 is 5.15. The minimum absolute atomic E-state index is 0.429. The number of nitrogens with zero attached hydrogens (tertiary/aromatic N) is 3. The normalized spacial score (nSPS) is 12.2. The van der Waals surface area contributed by atoms with Crippen LogP contribution in [0.15, 0.2) is 28.8 Å². The lowest BCUT2D eigenvalue weighted by Crippen LogP contribution is -2.29. The molecule has 0 bridgehead atoms. The van der Waals surface area contributed by atoms with Crippen molar-refractivity contribution in [2.45, 2.75) is 25.8 Å². The minimum atomic E-state index is -0.626. The van der Waals surface area contributed by atoms with E-state index < -0.39 is 5.54 Å². The summed E-state index contributed by atoms with van der Waals surface area (Å²) in [6, 6.07) is 7.86. The Bertz CT molecular complexity index is 674. The van der Waals surface area contributed by atoms with E-state index in [0.29, 0.717) is 18.1 Å². The van der Waals surface area contributed by atoms with Crippen molar-refractivity contribution in [1.82, 2.24) is 20.1 Å². The SMILES string of the molecule is CC(C)(N)c1nc(Cc2nc3ccccc3[nH]2)no1. The molecule has 19 heavy (non-hydrogen) atoms. The van der Waals surface area contributed by atoms with Gasteiger partial charge < -0.3 is 15.2 Å². The lowest BCUT2D eigenvalue weighted by atomic mass is 10.1. The largest absolute Gasteiger partial charge is 0.342 e. The van der Waals surface area contributed by atoms with Crippen LogP contribution in [-0.4, -0.2) is 20.1 Å². The molecule has 3 rings (SSSR count). The zero-order valence-electron chi connectivity index (χ0n) is 10.8. The lowest BCUT2D eigenvalue weighted by Gasteiger charge is -2.10. The van der Waals surface area contributed by atoms with Crippen LogP contribution in [-0.2, 0) is 12.0 Å². The fourth-order valence-electron chi connectivity index (χ4n) is 1.83. The molecule has 0 aliphatic rings. The number of hydrogen-bond acceptors (Lipinski definition) is 5. The summed E-state index contributed by atoms with van der Waals surface area (Å²) in [5, 5.41) is 3.92. The highest BCUT2D eigenvalue weighted by molar-refractivity contribution is 5.74. The number of benzene rings is 1. The van der Waals surface area contributed by atoms with Crippen LogP contribution in [0.2, 0.25) is 0 Å². The highest BCUT2D eigenvalue weighted by Crippen LogP contribution is 2.16. The van der Waals surface area contributed by atoms with Gasteiger partial charge in [-0.25, -0.2) is 4.98 Å². The van der Waals surface area contributed by atoms with Crippen LogP contribution in [0.3, 0.4) is 0 Å². The van der Waals surface area contributed by atoms with Gasteiger partial charge in [0.2, 0.25) is 5.89 Å². The number of rotatable bonds is 3. The van der Waals surface area contributed by atoms with E-state index in [-0.39, 0.29) is 0 Å². The summed E-state index contributed by atoms with van der Waals surface area (Å²) in [5.41, 5.74) is 7.21. The number of aromatic amines is 1. The maximum atomic E-state index is 5.91. The van der Waals surface area contributed by atoms with E-state index in [9.17, 15) is 0 Å². The molecule has 3 N–H and O–H groups in total. The molecule has 0 unspecified atom stereocenters. The molecule has 0 amide bonds. The molecule has 0 fully saturated rings. The van der Waals surface area contributed by atoms with E-state index in [4.69, 9.17) is 10.3 Å². The fourth-order valence-corrected chi connectivity index (χ4v) is 1.83. The first-order chi connectivity index (χ1) is 9.02. The Morgan fingerprint density at radius 1 is 1.26 bits per heavy atom.